The lowest BCUT2D eigenvalue weighted by atomic mass is 10.1. The van der Waals surface area contributed by atoms with E-state index in [9.17, 15) is 9.59 Å². The second-order valence-electron chi connectivity index (χ2n) is 4.22. The van der Waals surface area contributed by atoms with Crippen molar-refractivity contribution in [1.29, 1.82) is 5.26 Å². The average Bonchev–Trinajstić information content (AvgIpc) is 2.59. The van der Waals surface area contributed by atoms with Crippen molar-refractivity contribution in [1.82, 2.24) is 9.80 Å². The number of rotatable bonds is 1. The Balaban J connectivity index is 2.28. The fourth-order valence-corrected chi connectivity index (χ4v) is 3.56. The van der Waals surface area contributed by atoms with Crippen LogP contribution in [-0.4, -0.2) is 38.8 Å². The van der Waals surface area contributed by atoms with E-state index in [2.05, 4.69) is 28.7 Å². The Morgan fingerprint density at radius 2 is 2.00 bits per heavy atom. The van der Waals surface area contributed by atoms with Crippen LogP contribution < -0.4 is 0 Å². The molecule has 0 aliphatic carbocycles. The Labute approximate surface area is 113 Å². The highest BCUT2D eigenvalue weighted by atomic mass is 127. The number of likely N-dealkylation sites (tertiary alicyclic amines) is 1. The second kappa shape index (κ2) is 4.64. The molecule has 2 aliphatic rings. The van der Waals surface area contributed by atoms with Gasteiger partial charge in [0, 0.05) is 31.7 Å². The van der Waals surface area contributed by atoms with Gasteiger partial charge in [-0.1, -0.05) is 22.6 Å². The van der Waals surface area contributed by atoms with Gasteiger partial charge >= 0.3 is 0 Å². The lowest BCUT2D eigenvalue weighted by Gasteiger charge is -2.39. The molecule has 2 rings (SSSR count). The number of nitrogens with zero attached hydrogens (tertiary/aromatic N) is 3. The highest BCUT2D eigenvalue weighted by Crippen LogP contribution is 2.30. The highest BCUT2D eigenvalue weighted by molar-refractivity contribution is 14.1. The summed E-state index contributed by atoms with van der Waals surface area (Å²) >= 11 is 2.20. The zero-order chi connectivity index (χ0) is 12.6. The molecule has 2 heterocycles. The van der Waals surface area contributed by atoms with E-state index in [4.69, 9.17) is 5.26 Å². The maximum Gasteiger partial charge on any atom is 0.231 e. The van der Waals surface area contributed by atoms with Crippen LogP contribution in [0.25, 0.3) is 0 Å². The molecule has 2 amide bonds. The maximum atomic E-state index is 11.7. The van der Waals surface area contributed by atoms with Gasteiger partial charge in [0.25, 0.3) is 0 Å². The molecule has 0 aromatic heterocycles. The minimum atomic E-state index is -0.254. The van der Waals surface area contributed by atoms with Crippen molar-refractivity contribution in [2.45, 2.75) is 29.4 Å². The average molecular weight is 345 g/mol. The van der Waals surface area contributed by atoms with Gasteiger partial charge in [0.05, 0.1) is 9.99 Å². The molecular weight excluding hydrogens is 333 g/mol. The van der Waals surface area contributed by atoms with Crippen LogP contribution in [0.3, 0.4) is 0 Å². The number of alkyl halides is 1. The molecule has 0 bridgehead atoms. The molecule has 17 heavy (non-hydrogen) atoms. The molecule has 0 unspecified atom stereocenters. The van der Waals surface area contributed by atoms with Crippen molar-refractivity contribution in [3.8, 4) is 6.07 Å². The van der Waals surface area contributed by atoms with Gasteiger partial charge in [-0.2, -0.15) is 5.26 Å². The monoisotopic (exact) mass is 345 g/mol. The first kappa shape index (κ1) is 12.4. The minimum absolute atomic E-state index is 0.0586. The third kappa shape index (κ3) is 2.16. The van der Waals surface area contributed by atoms with Crippen molar-refractivity contribution >= 4 is 34.4 Å². The summed E-state index contributed by atoms with van der Waals surface area (Å²) in [5.41, 5.74) is 0.683. The zero-order valence-corrected chi connectivity index (χ0v) is 11.5. The zero-order valence-electron chi connectivity index (χ0n) is 9.39. The SMILES string of the molecule is CN1C=C(C#N)C[C@H](I)[C@H]1N1C(=O)CCC1=O. The molecule has 90 valence electrons. The summed E-state index contributed by atoms with van der Waals surface area (Å²) in [6.45, 7) is 0. The Kier molecular flexibility index (Phi) is 3.38. The quantitative estimate of drug-likeness (QED) is 0.404. The third-order valence-electron chi connectivity index (χ3n) is 3.01. The molecule has 2 aliphatic heterocycles. The molecule has 1 saturated heterocycles. The van der Waals surface area contributed by atoms with Crippen LogP contribution in [0.5, 0.6) is 0 Å². The van der Waals surface area contributed by atoms with Crippen LogP contribution in [0.15, 0.2) is 11.8 Å². The second-order valence-corrected chi connectivity index (χ2v) is 5.82. The van der Waals surface area contributed by atoms with Gasteiger partial charge in [0.1, 0.15) is 6.17 Å². The molecule has 0 aromatic carbocycles. The molecule has 0 N–H and O–H groups in total. The van der Waals surface area contributed by atoms with Crippen molar-refractivity contribution in [3.05, 3.63) is 11.8 Å². The molecule has 1 fully saturated rings. The van der Waals surface area contributed by atoms with E-state index >= 15 is 0 Å². The fourth-order valence-electron chi connectivity index (χ4n) is 2.25. The predicted octanol–water partition coefficient (Wildman–Crippen LogP) is 1.01. The standard InChI is InChI=1S/C11H12IN3O2/c1-14-6-7(5-13)4-8(12)11(14)15-9(16)2-3-10(15)17/h6,8,11H,2-4H2,1H3/t8-,11+/m0/s1. The van der Waals surface area contributed by atoms with Gasteiger partial charge in [-0.15, -0.1) is 0 Å². The fraction of sp³-hybridized carbons (Fsp3) is 0.545. The first-order valence-corrected chi connectivity index (χ1v) is 6.61. The normalized spacial score (nSPS) is 29.4. The van der Waals surface area contributed by atoms with Crippen molar-refractivity contribution in [3.63, 3.8) is 0 Å². The number of carbonyl (C=O) groups excluding carboxylic acids is 2. The van der Waals surface area contributed by atoms with Crippen LogP contribution in [0, 0.1) is 11.3 Å². The molecule has 0 spiro atoms. The van der Waals surface area contributed by atoms with E-state index in [1.165, 1.54) is 4.90 Å². The molecule has 5 nitrogen and oxygen atoms in total. The molecule has 0 aromatic rings. The van der Waals surface area contributed by atoms with E-state index in [-0.39, 0.29) is 21.9 Å². The smallest absolute Gasteiger partial charge is 0.231 e. The summed E-state index contributed by atoms with van der Waals surface area (Å²) in [6.07, 6.45) is 2.68. The number of halogens is 1. The highest BCUT2D eigenvalue weighted by Gasteiger charge is 2.41. The number of nitriles is 1. The van der Waals surface area contributed by atoms with E-state index in [1.54, 1.807) is 18.1 Å². The molecule has 0 saturated carbocycles. The summed E-state index contributed by atoms with van der Waals surface area (Å²) in [4.78, 5) is 26.6. The summed E-state index contributed by atoms with van der Waals surface area (Å²) in [7, 11) is 1.80. The topological polar surface area (TPSA) is 64.4 Å². The first-order chi connectivity index (χ1) is 8.04. The Morgan fingerprint density at radius 3 is 2.47 bits per heavy atom. The Morgan fingerprint density at radius 1 is 1.41 bits per heavy atom. The third-order valence-corrected chi connectivity index (χ3v) is 4.10. The summed E-state index contributed by atoms with van der Waals surface area (Å²) in [5, 5.41) is 8.89. The van der Waals surface area contributed by atoms with Gasteiger partial charge in [-0.25, -0.2) is 0 Å². The van der Waals surface area contributed by atoms with Gasteiger partial charge in [-0.05, 0) is 6.42 Å². The molecule has 2 atom stereocenters. The molecule has 6 heteroatoms. The van der Waals surface area contributed by atoms with Crippen LogP contribution in [0.1, 0.15) is 19.3 Å². The summed E-state index contributed by atoms with van der Waals surface area (Å²) < 4.78 is 0.0586. The number of carbonyl (C=O) groups is 2. The molecular formula is C11H12IN3O2. The lowest BCUT2D eigenvalue weighted by Crippen LogP contribution is -2.53. The summed E-state index contributed by atoms with van der Waals surface area (Å²) in [6, 6.07) is 2.12. The van der Waals surface area contributed by atoms with E-state index < -0.39 is 0 Å². The van der Waals surface area contributed by atoms with Crippen LogP contribution in [0.2, 0.25) is 0 Å². The van der Waals surface area contributed by atoms with Crippen molar-refractivity contribution < 1.29 is 9.59 Å². The van der Waals surface area contributed by atoms with Crippen molar-refractivity contribution in [2.24, 2.45) is 0 Å². The van der Waals surface area contributed by atoms with Crippen LogP contribution in [0.4, 0.5) is 0 Å². The number of allylic oxidation sites excluding steroid dienone is 1. The van der Waals surface area contributed by atoms with E-state index in [0.717, 1.165) is 0 Å². The predicted molar refractivity (Wildman–Crippen MR) is 68.8 cm³/mol. The number of amides is 2. The van der Waals surface area contributed by atoms with Gasteiger partial charge < -0.3 is 4.90 Å². The maximum absolute atomic E-state index is 11.7. The number of hydrogen-bond donors (Lipinski definition) is 0. The van der Waals surface area contributed by atoms with Gasteiger partial charge in [0.15, 0.2) is 0 Å². The minimum Gasteiger partial charge on any atom is -0.358 e. The largest absolute Gasteiger partial charge is 0.358 e. The van der Waals surface area contributed by atoms with Gasteiger partial charge in [0.2, 0.25) is 11.8 Å². The summed E-state index contributed by atoms with van der Waals surface area (Å²) in [5.74, 6) is -0.218. The molecule has 0 radical (unpaired) electrons. The Hall–Kier alpha value is -1.10. The Bertz CT molecular complexity index is 424. The van der Waals surface area contributed by atoms with Gasteiger partial charge in [-0.3, -0.25) is 14.5 Å². The number of imide groups is 1. The van der Waals surface area contributed by atoms with E-state index in [1.807, 2.05) is 0 Å². The first-order valence-electron chi connectivity index (χ1n) is 5.36. The van der Waals surface area contributed by atoms with Crippen LogP contribution in [-0.2, 0) is 9.59 Å². The van der Waals surface area contributed by atoms with Crippen molar-refractivity contribution in [2.75, 3.05) is 7.05 Å². The lowest BCUT2D eigenvalue weighted by molar-refractivity contribution is -0.144. The number of hydrogen-bond acceptors (Lipinski definition) is 4. The van der Waals surface area contributed by atoms with Crippen LogP contribution >= 0.6 is 22.6 Å². The van der Waals surface area contributed by atoms with E-state index in [0.29, 0.717) is 24.8 Å².